The van der Waals surface area contributed by atoms with Crippen molar-refractivity contribution in [3.05, 3.63) is 70.6 Å². The van der Waals surface area contributed by atoms with Gasteiger partial charge in [0.1, 0.15) is 6.04 Å². The van der Waals surface area contributed by atoms with Crippen LogP contribution in [0.1, 0.15) is 25.3 Å². The van der Waals surface area contributed by atoms with Crippen molar-refractivity contribution in [3.63, 3.8) is 0 Å². The number of imidazole rings is 1. The van der Waals surface area contributed by atoms with Crippen LogP contribution in [0.15, 0.2) is 59.4 Å². The molecule has 2 N–H and O–H groups in total. The number of carbonyl (C=O) groups is 2. The molecule has 0 saturated carbocycles. The summed E-state index contributed by atoms with van der Waals surface area (Å²) in [6, 6.07) is 15.6. The zero-order chi connectivity index (χ0) is 20.8. The molecule has 0 aliphatic carbocycles. The van der Waals surface area contributed by atoms with Gasteiger partial charge < -0.3 is 10.4 Å². The summed E-state index contributed by atoms with van der Waals surface area (Å²) in [5.41, 5.74) is 2.30. The summed E-state index contributed by atoms with van der Waals surface area (Å²) in [6.07, 6.45) is 1.06. The number of nitrogens with one attached hydrogen (secondary N) is 1. The van der Waals surface area contributed by atoms with E-state index in [1.165, 1.54) is 0 Å². The molecule has 0 fully saturated rings. The van der Waals surface area contributed by atoms with Gasteiger partial charge in [0.15, 0.2) is 0 Å². The second kappa shape index (κ2) is 9.23. The topological polar surface area (TPSA) is 93.3 Å². The van der Waals surface area contributed by atoms with E-state index in [4.69, 9.17) is 0 Å². The highest BCUT2D eigenvalue weighted by Gasteiger charge is 2.21. The number of hydrogen-bond donors (Lipinski definition) is 2. The van der Waals surface area contributed by atoms with E-state index in [0.29, 0.717) is 6.54 Å². The highest BCUT2D eigenvalue weighted by atomic mass is 16.4. The fourth-order valence-corrected chi connectivity index (χ4v) is 3.46. The van der Waals surface area contributed by atoms with E-state index in [9.17, 15) is 19.5 Å². The molecule has 1 heterocycles. The number of hydrogen-bond acceptors (Lipinski definition) is 3. The number of carboxylic acids is 1. The molecule has 0 radical (unpaired) electrons. The molecule has 0 saturated heterocycles. The summed E-state index contributed by atoms with van der Waals surface area (Å²) in [6.45, 7) is 2.81. The SMILES string of the molecule is CCCn1c(=O)n(CCC(=O)NC(Cc2ccccc2)C(=O)O)c2ccccc21. The van der Waals surface area contributed by atoms with Gasteiger partial charge in [0.2, 0.25) is 5.91 Å². The minimum absolute atomic E-state index is 0.0264. The summed E-state index contributed by atoms with van der Waals surface area (Å²) in [4.78, 5) is 36.7. The van der Waals surface area contributed by atoms with E-state index in [1.807, 2.05) is 61.5 Å². The fraction of sp³-hybridized carbons (Fsp3) is 0.318. The van der Waals surface area contributed by atoms with Crippen LogP contribution >= 0.6 is 0 Å². The number of fused-ring (bicyclic) bond motifs is 1. The Bertz CT molecular complexity index is 1050. The molecular formula is C22H25N3O4. The van der Waals surface area contributed by atoms with Gasteiger partial charge in [-0.25, -0.2) is 9.59 Å². The number of carbonyl (C=O) groups excluding carboxylic acids is 1. The normalized spacial score (nSPS) is 12.0. The molecule has 0 aliphatic rings. The molecule has 3 rings (SSSR count). The maximum absolute atomic E-state index is 12.8. The van der Waals surface area contributed by atoms with Gasteiger partial charge in [0.25, 0.3) is 0 Å². The Balaban J connectivity index is 1.71. The molecule has 3 aromatic rings. The third-order valence-corrected chi connectivity index (χ3v) is 4.85. The first kappa shape index (κ1) is 20.4. The molecule has 1 atom stereocenters. The molecule has 2 aromatic carbocycles. The molecule has 1 amide bonds. The van der Waals surface area contributed by atoms with Crippen LogP contribution in [0.5, 0.6) is 0 Å². The van der Waals surface area contributed by atoms with Crippen LogP contribution in [-0.4, -0.2) is 32.2 Å². The molecule has 0 spiro atoms. The Kier molecular flexibility index (Phi) is 6.49. The van der Waals surface area contributed by atoms with Crippen molar-refractivity contribution < 1.29 is 14.7 Å². The highest BCUT2D eigenvalue weighted by molar-refractivity contribution is 5.84. The molecule has 7 nitrogen and oxygen atoms in total. The predicted molar refractivity (Wildman–Crippen MR) is 111 cm³/mol. The Morgan fingerprint density at radius 1 is 0.966 bits per heavy atom. The van der Waals surface area contributed by atoms with Crippen LogP contribution in [0, 0.1) is 0 Å². The van der Waals surface area contributed by atoms with Gasteiger partial charge in [0, 0.05) is 25.9 Å². The number of para-hydroxylation sites is 2. The zero-order valence-electron chi connectivity index (χ0n) is 16.4. The average molecular weight is 395 g/mol. The summed E-state index contributed by atoms with van der Waals surface area (Å²) >= 11 is 0. The number of rotatable bonds is 9. The summed E-state index contributed by atoms with van der Waals surface area (Å²) in [5, 5.41) is 12.0. The number of aryl methyl sites for hydroxylation is 2. The highest BCUT2D eigenvalue weighted by Crippen LogP contribution is 2.13. The first-order chi connectivity index (χ1) is 14.0. The van der Waals surface area contributed by atoms with Crippen molar-refractivity contribution in [2.24, 2.45) is 0 Å². The third-order valence-electron chi connectivity index (χ3n) is 4.85. The number of aromatic nitrogens is 2. The average Bonchev–Trinajstić information content (AvgIpc) is 2.98. The van der Waals surface area contributed by atoms with Gasteiger partial charge in [0.05, 0.1) is 11.0 Å². The van der Waals surface area contributed by atoms with E-state index >= 15 is 0 Å². The fourth-order valence-electron chi connectivity index (χ4n) is 3.46. The molecule has 1 aromatic heterocycles. The summed E-state index contributed by atoms with van der Waals surface area (Å²) in [5.74, 6) is -1.48. The minimum atomic E-state index is -1.08. The van der Waals surface area contributed by atoms with E-state index in [1.54, 1.807) is 9.13 Å². The largest absolute Gasteiger partial charge is 0.480 e. The Morgan fingerprint density at radius 3 is 2.14 bits per heavy atom. The Hall–Kier alpha value is -3.35. The molecule has 0 bridgehead atoms. The van der Waals surface area contributed by atoms with Crippen LogP contribution in [0.2, 0.25) is 0 Å². The van der Waals surface area contributed by atoms with Crippen LogP contribution in [-0.2, 0) is 29.1 Å². The van der Waals surface area contributed by atoms with Crippen molar-refractivity contribution in [2.75, 3.05) is 0 Å². The molecule has 29 heavy (non-hydrogen) atoms. The first-order valence-corrected chi connectivity index (χ1v) is 9.75. The van der Waals surface area contributed by atoms with Gasteiger partial charge in [-0.2, -0.15) is 0 Å². The lowest BCUT2D eigenvalue weighted by atomic mass is 10.1. The van der Waals surface area contributed by atoms with Crippen LogP contribution < -0.4 is 11.0 Å². The molecule has 1 unspecified atom stereocenters. The predicted octanol–water partition coefficient (Wildman–Crippen LogP) is 2.42. The van der Waals surface area contributed by atoms with Gasteiger partial charge in [-0.05, 0) is 24.1 Å². The number of nitrogens with zero attached hydrogens (tertiary/aromatic N) is 2. The van der Waals surface area contributed by atoms with Gasteiger partial charge in [-0.15, -0.1) is 0 Å². The lowest BCUT2D eigenvalue weighted by Crippen LogP contribution is -2.42. The van der Waals surface area contributed by atoms with Crippen molar-refractivity contribution in [1.29, 1.82) is 0 Å². The molecule has 7 heteroatoms. The first-order valence-electron chi connectivity index (χ1n) is 9.75. The maximum Gasteiger partial charge on any atom is 0.329 e. The van der Waals surface area contributed by atoms with Gasteiger partial charge in [-0.3, -0.25) is 13.9 Å². The number of carboxylic acid groups (broad SMARTS) is 1. The molecule has 0 aliphatic heterocycles. The van der Waals surface area contributed by atoms with E-state index in [-0.39, 0.29) is 25.1 Å². The lowest BCUT2D eigenvalue weighted by Gasteiger charge is -2.15. The standard InChI is InChI=1S/C22H25N3O4/c1-2-13-24-18-10-6-7-11-19(18)25(22(24)29)14-12-20(26)23-17(21(27)28)15-16-8-4-3-5-9-16/h3-11,17H,2,12-15H2,1H3,(H,23,26)(H,27,28). The van der Waals surface area contributed by atoms with Crippen LogP contribution in [0.25, 0.3) is 11.0 Å². The Labute approximate surface area is 168 Å². The number of benzene rings is 2. The Morgan fingerprint density at radius 2 is 1.55 bits per heavy atom. The van der Waals surface area contributed by atoms with Gasteiger partial charge >= 0.3 is 11.7 Å². The zero-order valence-corrected chi connectivity index (χ0v) is 16.4. The minimum Gasteiger partial charge on any atom is -0.480 e. The van der Waals surface area contributed by atoms with Crippen molar-refractivity contribution >= 4 is 22.9 Å². The quantitative estimate of drug-likeness (QED) is 0.582. The van der Waals surface area contributed by atoms with Gasteiger partial charge in [-0.1, -0.05) is 49.4 Å². The van der Waals surface area contributed by atoms with Crippen molar-refractivity contribution in [2.45, 2.75) is 45.3 Å². The van der Waals surface area contributed by atoms with Crippen LogP contribution in [0.3, 0.4) is 0 Å². The van der Waals surface area contributed by atoms with E-state index < -0.39 is 17.9 Å². The number of aliphatic carboxylic acids is 1. The second-order valence-corrected chi connectivity index (χ2v) is 6.97. The monoisotopic (exact) mass is 395 g/mol. The smallest absolute Gasteiger partial charge is 0.329 e. The maximum atomic E-state index is 12.8. The molecular weight excluding hydrogens is 370 g/mol. The van der Waals surface area contributed by atoms with E-state index in [2.05, 4.69) is 5.32 Å². The van der Waals surface area contributed by atoms with Crippen LogP contribution in [0.4, 0.5) is 0 Å². The van der Waals surface area contributed by atoms with Crippen molar-refractivity contribution in [1.82, 2.24) is 14.5 Å². The summed E-state index contributed by atoms with van der Waals surface area (Å²) < 4.78 is 3.29. The second-order valence-electron chi connectivity index (χ2n) is 6.97. The number of amides is 1. The van der Waals surface area contributed by atoms with Crippen molar-refractivity contribution in [3.8, 4) is 0 Å². The lowest BCUT2D eigenvalue weighted by molar-refractivity contribution is -0.141. The van der Waals surface area contributed by atoms with E-state index in [0.717, 1.165) is 23.0 Å². The molecule has 152 valence electrons. The third kappa shape index (κ3) is 4.74. The summed E-state index contributed by atoms with van der Waals surface area (Å²) in [7, 11) is 0.